The van der Waals surface area contributed by atoms with Gasteiger partial charge in [0.15, 0.2) is 17.5 Å². The van der Waals surface area contributed by atoms with Crippen LogP contribution < -0.4 is 0 Å². The third kappa shape index (κ3) is 5.83. The van der Waals surface area contributed by atoms with Gasteiger partial charge in [-0.3, -0.25) is 0 Å². The molecule has 4 heteroatoms. The Labute approximate surface area is 330 Å². The molecule has 2 heterocycles. The number of aromatic nitrogens is 4. The standard InChI is InChI=1S/C53H34N4/c1-2-10-35(11-3-1)37-18-23-41(24-19-37)51-54-52(56-53(55-51)44-27-22-36-12-4-5-14-43(36)34-44)42-25-20-38(21-26-42)39-28-31-45(32-29-39)57-48-17-9-8-16-47(48)50-46-15-7-6-13-40(46)30-33-49(50)57/h1-34H. The van der Waals surface area contributed by atoms with E-state index in [0.717, 1.165) is 44.5 Å². The van der Waals surface area contributed by atoms with Gasteiger partial charge in [0.05, 0.1) is 11.0 Å². The third-order valence-corrected chi connectivity index (χ3v) is 11.1. The van der Waals surface area contributed by atoms with Crippen LogP contribution in [0.2, 0.25) is 0 Å². The number of hydrogen-bond acceptors (Lipinski definition) is 3. The summed E-state index contributed by atoms with van der Waals surface area (Å²) in [5.41, 5.74) is 10.9. The molecular weight excluding hydrogens is 693 g/mol. The number of nitrogens with zero attached hydrogens (tertiary/aromatic N) is 4. The molecule has 4 nitrogen and oxygen atoms in total. The molecule has 0 bridgehead atoms. The number of rotatable bonds is 6. The van der Waals surface area contributed by atoms with Gasteiger partial charge in [-0.1, -0.05) is 176 Å². The smallest absolute Gasteiger partial charge is 0.164 e. The molecule has 0 saturated carbocycles. The van der Waals surface area contributed by atoms with Crippen molar-refractivity contribution in [1.29, 1.82) is 0 Å². The van der Waals surface area contributed by atoms with E-state index in [0.29, 0.717) is 17.5 Å². The fraction of sp³-hybridized carbons (Fsp3) is 0. The van der Waals surface area contributed by atoms with Crippen molar-refractivity contribution < 1.29 is 0 Å². The summed E-state index contributed by atoms with van der Waals surface area (Å²) in [5.74, 6) is 1.92. The fourth-order valence-electron chi connectivity index (χ4n) is 8.17. The van der Waals surface area contributed by atoms with Crippen LogP contribution in [0.4, 0.5) is 0 Å². The predicted molar refractivity (Wildman–Crippen MR) is 236 cm³/mol. The lowest BCUT2D eigenvalue weighted by Gasteiger charge is -2.11. The topological polar surface area (TPSA) is 43.6 Å². The quantitative estimate of drug-likeness (QED) is 0.171. The van der Waals surface area contributed by atoms with Gasteiger partial charge in [0.25, 0.3) is 0 Å². The largest absolute Gasteiger partial charge is 0.309 e. The van der Waals surface area contributed by atoms with Crippen molar-refractivity contribution in [2.45, 2.75) is 0 Å². The summed E-state index contributed by atoms with van der Waals surface area (Å²) in [6, 6.07) is 72.9. The summed E-state index contributed by atoms with van der Waals surface area (Å²) in [4.78, 5) is 15.1. The molecule has 266 valence electrons. The second-order valence-corrected chi connectivity index (χ2v) is 14.5. The zero-order valence-corrected chi connectivity index (χ0v) is 30.9. The molecule has 11 rings (SSSR count). The summed E-state index contributed by atoms with van der Waals surface area (Å²) in [5, 5.41) is 7.41. The van der Waals surface area contributed by atoms with E-state index in [-0.39, 0.29) is 0 Å². The first-order chi connectivity index (χ1) is 28.2. The molecule has 0 spiro atoms. The van der Waals surface area contributed by atoms with E-state index in [1.54, 1.807) is 0 Å². The summed E-state index contributed by atoms with van der Waals surface area (Å²) in [6.45, 7) is 0. The maximum atomic E-state index is 5.06. The van der Waals surface area contributed by atoms with Crippen LogP contribution in [-0.4, -0.2) is 19.5 Å². The molecular formula is C53H34N4. The molecule has 11 aromatic rings. The summed E-state index contributed by atoms with van der Waals surface area (Å²) < 4.78 is 2.38. The van der Waals surface area contributed by atoms with Gasteiger partial charge in [0.2, 0.25) is 0 Å². The van der Waals surface area contributed by atoms with Gasteiger partial charge in [-0.25, -0.2) is 15.0 Å². The Kier molecular flexibility index (Phi) is 7.78. The molecule has 0 amide bonds. The van der Waals surface area contributed by atoms with Crippen LogP contribution in [0.15, 0.2) is 206 Å². The van der Waals surface area contributed by atoms with Crippen molar-refractivity contribution in [2.24, 2.45) is 0 Å². The van der Waals surface area contributed by atoms with Gasteiger partial charge in [-0.15, -0.1) is 0 Å². The molecule has 0 N–H and O–H groups in total. The molecule has 0 fully saturated rings. The van der Waals surface area contributed by atoms with E-state index in [9.17, 15) is 0 Å². The minimum absolute atomic E-state index is 0.635. The Morgan fingerprint density at radius 1 is 0.281 bits per heavy atom. The van der Waals surface area contributed by atoms with Gasteiger partial charge < -0.3 is 4.57 Å². The fourth-order valence-corrected chi connectivity index (χ4v) is 8.17. The maximum Gasteiger partial charge on any atom is 0.164 e. The monoisotopic (exact) mass is 726 g/mol. The molecule has 0 aliphatic heterocycles. The highest BCUT2D eigenvalue weighted by molar-refractivity contribution is 6.21. The average molecular weight is 727 g/mol. The molecule has 9 aromatic carbocycles. The Bertz CT molecular complexity index is 3260. The number of hydrogen-bond donors (Lipinski definition) is 0. The molecule has 0 unspecified atom stereocenters. The van der Waals surface area contributed by atoms with E-state index < -0.39 is 0 Å². The highest BCUT2D eigenvalue weighted by Gasteiger charge is 2.16. The molecule has 0 radical (unpaired) electrons. The second-order valence-electron chi connectivity index (χ2n) is 14.5. The maximum absolute atomic E-state index is 5.06. The van der Waals surface area contributed by atoms with E-state index in [4.69, 9.17) is 15.0 Å². The summed E-state index contributed by atoms with van der Waals surface area (Å²) in [6.07, 6.45) is 0. The van der Waals surface area contributed by atoms with Gasteiger partial charge >= 0.3 is 0 Å². The van der Waals surface area contributed by atoms with Crippen molar-refractivity contribution in [3.63, 3.8) is 0 Å². The van der Waals surface area contributed by atoms with E-state index in [1.165, 1.54) is 43.5 Å². The first-order valence-electron chi connectivity index (χ1n) is 19.3. The molecule has 2 aromatic heterocycles. The summed E-state index contributed by atoms with van der Waals surface area (Å²) in [7, 11) is 0. The van der Waals surface area contributed by atoms with E-state index in [2.05, 4.69) is 205 Å². The number of para-hydroxylation sites is 1. The minimum Gasteiger partial charge on any atom is -0.309 e. The van der Waals surface area contributed by atoms with Crippen LogP contribution in [0.3, 0.4) is 0 Å². The normalized spacial score (nSPS) is 11.5. The highest BCUT2D eigenvalue weighted by atomic mass is 15.0. The van der Waals surface area contributed by atoms with Crippen molar-refractivity contribution in [1.82, 2.24) is 19.5 Å². The zero-order valence-electron chi connectivity index (χ0n) is 30.9. The van der Waals surface area contributed by atoms with Crippen LogP contribution in [-0.2, 0) is 0 Å². The lowest BCUT2D eigenvalue weighted by Crippen LogP contribution is -2.00. The lowest BCUT2D eigenvalue weighted by atomic mass is 10.0. The summed E-state index contributed by atoms with van der Waals surface area (Å²) >= 11 is 0. The SMILES string of the molecule is c1ccc(-c2ccc(-c3nc(-c4ccc(-c5ccc(-n6c7ccccc7c7c8ccccc8ccc76)cc5)cc4)nc(-c4ccc5ccccc5c4)n3)cc2)cc1. The van der Waals surface area contributed by atoms with Crippen LogP contribution in [0.1, 0.15) is 0 Å². The second kappa shape index (κ2) is 13.6. The zero-order chi connectivity index (χ0) is 37.7. The number of fused-ring (bicyclic) bond motifs is 6. The first-order valence-corrected chi connectivity index (χ1v) is 19.3. The Hall–Kier alpha value is -7.69. The Balaban J connectivity index is 0.953. The molecule has 0 saturated heterocycles. The van der Waals surface area contributed by atoms with Gasteiger partial charge in [0.1, 0.15) is 0 Å². The van der Waals surface area contributed by atoms with E-state index in [1.807, 2.05) is 6.07 Å². The Morgan fingerprint density at radius 2 is 0.737 bits per heavy atom. The average Bonchev–Trinajstić information content (AvgIpc) is 3.64. The van der Waals surface area contributed by atoms with Crippen molar-refractivity contribution in [3.05, 3.63) is 206 Å². The van der Waals surface area contributed by atoms with Gasteiger partial charge in [-0.2, -0.15) is 0 Å². The highest BCUT2D eigenvalue weighted by Crippen LogP contribution is 2.37. The van der Waals surface area contributed by atoms with Crippen LogP contribution in [0.25, 0.3) is 105 Å². The number of benzene rings is 9. The molecule has 0 atom stereocenters. The lowest BCUT2D eigenvalue weighted by molar-refractivity contribution is 1.07. The minimum atomic E-state index is 0.635. The molecule has 0 aliphatic carbocycles. The van der Waals surface area contributed by atoms with Crippen molar-refractivity contribution in [2.75, 3.05) is 0 Å². The van der Waals surface area contributed by atoms with Crippen LogP contribution >= 0.6 is 0 Å². The first kappa shape index (κ1) is 32.7. The van der Waals surface area contributed by atoms with E-state index >= 15 is 0 Å². The van der Waals surface area contributed by atoms with Crippen molar-refractivity contribution >= 4 is 43.4 Å². The van der Waals surface area contributed by atoms with Gasteiger partial charge in [0, 0.05) is 33.2 Å². The van der Waals surface area contributed by atoms with Gasteiger partial charge in [-0.05, 0) is 74.1 Å². The Morgan fingerprint density at radius 3 is 1.40 bits per heavy atom. The van der Waals surface area contributed by atoms with Crippen LogP contribution in [0, 0.1) is 0 Å². The third-order valence-electron chi connectivity index (χ3n) is 11.1. The molecule has 0 aliphatic rings. The predicted octanol–water partition coefficient (Wildman–Crippen LogP) is 13.6. The van der Waals surface area contributed by atoms with Crippen LogP contribution in [0.5, 0.6) is 0 Å². The van der Waals surface area contributed by atoms with Crippen molar-refractivity contribution in [3.8, 4) is 62.1 Å². The molecule has 57 heavy (non-hydrogen) atoms.